The van der Waals surface area contributed by atoms with Gasteiger partial charge in [0, 0.05) is 12.5 Å². The Kier molecular flexibility index (Phi) is 2.19. The number of hydrogen-bond donors (Lipinski definition) is 1. The van der Waals surface area contributed by atoms with Gasteiger partial charge in [-0.05, 0) is 30.2 Å². The summed E-state index contributed by atoms with van der Waals surface area (Å²) < 4.78 is 18.5. The normalized spacial score (nSPS) is 14.0. The van der Waals surface area contributed by atoms with Crippen LogP contribution >= 0.6 is 0 Å². The molecule has 1 aliphatic heterocycles. The molecule has 3 heteroatoms. The van der Waals surface area contributed by atoms with Crippen LogP contribution in [0.2, 0.25) is 0 Å². The average Bonchev–Trinajstić information content (AvgIpc) is 2.52. The molecule has 0 spiro atoms. The van der Waals surface area contributed by atoms with E-state index in [1.807, 2.05) is 6.07 Å². The zero-order valence-corrected chi connectivity index (χ0v) is 7.35. The summed E-state index contributed by atoms with van der Waals surface area (Å²) in [6.07, 6.45) is 1.48. The second kappa shape index (κ2) is 3.34. The van der Waals surface area contributed by atoms with Crippen molar-refractivity contribution < 1.29 is 9.13 Å². The summed E-state index contributed by atoms with van der Waals surface area (Å²) in [5, 5.41) is 0. The summed E-state index contributed by atoms with van der Waals surface area (Å²) >= 11 is 0. The average molecular weight is 181 g/mol. The Labute approximate surface area is 76.5 Å². The van der Waals surface area contributed by atoms with E-state index in [1.165, 1.54) is 6.07 Å². The van der Waals surface area contributed by atoms with Gasteiger partial charge in [0.1, 0.15) is 11.6 Å². The van der Waals surface area contributed by atoms with E-state index in [1.54, 1.807) is 0 Å². The quantitative estimate of drug-likeness (QED) is 0.745. The molecule has 2 N–H and O–H groups in total. The molecule has 0 amide bonds. The van der Waals surface area contributed by atoms with Gasteiger partial charge < -0.3 is 10.5 Å². The third kappa shape index (κ3) is 1.52. The predicted molar refractivity (Wildman–Crippen MR) is 48.4 cm³/mol. The number of fused-ring (bicyclic) bond motifs is 1. The van der Waals surface area contributed by atoms with Gasteiger partial charge >= 0.3 is 0 Å². The van der Waals surface area contributed by atoms with Crippen LogP contribution in [0.3, 0.4) is 0 Å². The first-order valence-corrected chi connectivity index (χ1v) is 4.45. The van der Waals surface area contributed by atoms with Crippen molar-refractivity contribution in [2.45, 2.75) is 12.8 Å². The van der Waals surface area contributed by atoms with Gasteiger partial charge in [-0.3, -0.25) is 0 Å². The number of hydrogen-bond acceptors (Lipinski definition) is 2. The van der Waals surface area contributed by atoms with E-state index >= 15 is 0 Å². The molecule has 2 nitrogen and oxygen atoms in total. The summed E-state index contributed by atoms with van der Waals surface area (Å²) in [5.74, 6) is 0.490. The van der Waals surface area contributed by atoms with Crippen molar-refractivity contribution in [2.24, 2.45) is 5.73 Å². The Morgan fingerprint density at radius 3 is 3.08 bits per heavy atom. The Morgan fingerprint density at radius 1 is 1.46 bits per heavy atom. The molecule has 1 aromatic rings. The SMILES string of the molecule is NCCc1cc2c(cc1F)OCC2. The molecule has 2 rings (SSSR count). The van der Waals surface area contributed by atoms with Crippen LogP contribution in [0, 0.1) is 5.82 Å². The van der Waals surface area contributed by atoms with Crippen molar-refractivity contribution >= 4 is 0 Å². The van der Waals surface area contributed by atoms with E-state index in [9.17, 15) is 4.39 Å². The molecule has 0 radical (unpaired) electrons. The number of rotatable bonds is 2. The van der Waals surface area contributed by atoms with Crippen LogP contribution < -0.4 is 10.5 Å². The second-order valence-electron chi connectivity index (χ2n) is 3.19. The minimum atomic E-state index is -0.203. The first-order valence-electron chi connectivity index (χ1n) is 4.45. The molecule has 70 valence electrons. The molecule has 0 saturated heterocycles. The highest BCUT2D eigenvalue weighted by Crippen LogP contribution is 2.28. The Balaban J connectivity index is 2.37. The van der Waals surface area contributed by atoms with Crippen LogP contribution in [-0.2, 0) is 12.8 Å². The molecule has 0 aromatic heterocycles. The van der Waals surface area contributed by atoms with Crippen molar-refractivity contribution in [3.05, 3.63) is 29.1 Å². The predicted octanol–water partition coefficient (Wildman–Crippen LogP) is 1.26. The van der Waals surface area contributed by atoms with Gasteiger partial charge in [0.15, 0.2) is 0 Å². The first-order chi connectivity index (χ1) is 6.31. The van der Waals surface area contributed by atoms with Crippen LogP contribution in [0.1, 0.15) is 11.1 Å². The molecule has 1 aromatic carbocycles. The fraction of sp³-hybridized carbons (Fsp3) is 0.400. The highest BCUT2D eigenvalue weighted by atomic mass is 19.1. The minimum Gasteiger partial charge on any atom is -0.493 e. The molecule has 0 aliphatic carbocycles. The monoisotopic (exact) mass is 181 g/mol. The molecular weight excluding hydrogens is 169 g/mol. The lowest BCUT2D eigenvalue weighted by Gasteiger charge is -2.04. The molecular formula is C10H12FNO. The van der Waals surface area contributed by atoms with Crippen molar-refractivity contribution in [1.29, 1.82) is 0 Å². The minimum absolute atomic E-state index is 0.203. The Morgan fingerprint density at radius 2 is 2.31 bits per heavy atom. The van der Waals surface area contributed by atoms with Crippen molar-refractivity contribution in [1.82, 2.24) is 0 Å². The van der Waals surface area contributed by atoms with Crippen LogP contribution in [0.15, 0.2) is 12.1 Å². The van der Waals surface area contributed by atoms with E-state index < -0.39 is 0 Å². The summed E-state index contributed by atoms with van der Waals surface area (Å²) in [6.45, 7) is 1.15. The van der Waals surface area contributed by atoms with E-state index in [4.69, 9.17) is 10.5 Å². The van der Waals surface area contributed by atoms with E-state index in [0.717, 1.165) is 12.0 Å². The van der Waals surface area contributed by atoms with Crippen molar-refractivity contribution in [3.63, 3.8) is 0 Å². The smallest absolute Gasteiger partial charge is 0.130 e. The molecule has 1 heterocycles. The maximum absolute atomic E-state index is 13.3. The fourth-order valence-electron chi connectivity index (χ4n) is 1.60. The molecule has 1 aliphatic rings. The molecule has 0 unspecified atom stereocenters. The summed E-state index contributed by atoms with van der Waals surface area (Å²) in [6, 6.07) is 3.33. The maximum Gasteiger partial charge on any atom is 0.130 e. The summed E-state index contributed by atoms with van der Waals surface area (Å²) in [4.78, 5) is 0. The maximum atomic E-state index is 13.3. The van der Waals surface area contributed by atoms with Gasteiger partial charge in [-0.1, -0.05) is 0 Å². The van der Waals surface area contributed by atoms with Crippen LogP contribution in [0.25, 0.3) is 0 Å². The second-order valence-corrected chi connectivity index (χ2v) is 3.19. The number of nitrogens with two attached hydrogens (primary N) is 1. The van der Waals surface area contributed by atoms with E-state index in [-0.39, 0.29) is 5.82 Å². The van der Waals surface area contributed by atoms with Crippen LogP contribution in [0.4, 0.5) is 4.39 Å². The Bertz CT molecular complexity index is 325. The van der Waals surface area contributed by atoms with Crippen LogP contribution in [-0.4, -0.2) is 13.2 Å². The third-order valence-corrected chi connectivity index (χ3v) is 2.27. The number of halogens is 1. The molecule has 0 bridgehead atoms. The lowest BCUT2D eigenvalue weighted by molar-refractivity contribution is 0.355. The third-order valence-electron chi connectivity index (χ3n) is 2.27. The van der Waals surface area contributed by atoms with Gasteiger partial charge in [0.2, 0.25) is 0 Å². The van der Waals surface area contributed by atoms with E-state index in [2.05, 4.69) is 0 Å². The number of ether oxygens (including phenoxy) is 1. The first kappa shape index (κ1) is 8.51. The summed E-state index contributed by atoms with van der Waals surface area (Å²) in [7, 11) is 0. The number of benzene rings is 1. The van der Waals surface area contributed by atoms with Gasteiger partial charge in [-0.2, -0.15) is 0 Å². The Hall–Kier alpha value is -1.09. The van der Waals surface area contributed by atoms with Crippen molar-refractivity contribution in [2.75, 3.05) is 13.2 Å². The standard InChI is InChI=1S/C10H12FNO/c11-9-6-10-8(2-4-13-10)5-7(9)1-3-12/h5-6H,1-4,12H2. The lowest BCUT2D eigenvalue weighted by Crippen LogP contribution is -2.04. The molecule has 0 atom stereocenters. The zero-order chi connectivity index (χ0) is 9.26. The zero-order valence-electron chi connectivity index (χ0n) is 7.35. The molecule has 0 saturated carbocycles. The van der Waals surface area contributed by atoms with Crippen molar-refractivity contribution in [3.8, 4) is 5.75 Å². The van der Waals surface area contributed by atoms with Gasteiger partial charge in [-0.25, -0.2) is 4.39 Å². The highest BCUT2D eigenvalue weighted by molar-refractivity contribution is 5.40. The largest absolute Gasteiger partial charge is 0.493 e. The van der Waals surface area contributed by atoms with E-state index in [0.29, 0.717) is 30.9 Å². The van der Waals surface area contributed by atoms with Crippen LogP contribution in [0.5, 0.6) is 5.75 Å². The lowest BCUT2D eigenvalue weighted by atomic mass is 10.1. The van der Waals surface area contributed by atoms with Gasteiger partial charge in [0.25, 0.3) is 0 Å². The topological polar surface area (TPSA) is 35.2 Å². The van der Waals surface area contributed by atoms with Gasteiger partial charge in [-0.15, -0.1) is 0 Å². The van der Waals surface area contributed by atoms with Gasteiger partial charge in [0.05, 0.1) is 6.61 Å². The fourth-order valence-corrected chi connectivity index (χ4v) is 1.60. The molecule has 13 heavy (non-hydrogen) atoms. The summed E-state index contributed by atoms with van der Waals surface area (Å²) in [5.41, 5.74) is 7.18. The molecule has 0 fully saturated rings. The highest BCUT2D eigenvalue weighted by Gasteiger charge is 2.15.